The topological polar surface area (TPSA) is 819 Å². The second-order valence-electron chi connectivity index (χ2n) is 0. The summed E-state index contributed by atoms with van der Waals surface area (Å²) in [5.41, 5.74) is 0. The van der Waals surface area contributed by atoms with Crippen LogP contribution in [0.3, 0.4) is 0 Å². The molecule has 0 aromatic carbocycles. The molecule has 0 aromatic rings. The molecule has 0 saturated carbocycles. The third kappa shape index (κ3) is 2400. The number of rotatable bonds is 0. The van der Waals surface area contributed by atoms with Crippen LogP contribution >= 0.6 is 0 Å². The molecule has 0 aliphatic rings. The van der Waals surface area contributed by atoms with E-state index in [9.17, 15) is 0 Å². The summed E-state index contributed by atoms with van der Waals surface area (Å²) < 4.78 is 0. The Morgan fingerprint density at radius 2 is 0.0556 bits per heavy atom. The van der Waals surface area contributed by atoms with E-state index < -0.39 is 0 Å². The third-order valence-electron chi connectivity index (χ3n) is 0. The van der Waals surface area contributed by atoms with E-state index in [1.807, 2.05) is 0 Å². The van der Waals surface area contributed by atoms with Crippen LogP contribution in [-0.2, 0) is 186 Å². The molecule has 0 atom stereocenters. The van der Waals surface area contributed by atoms with Crippen LogP contribution in [0, 0.1) is 0 Å². The van der Waals surface area contributed by atoms with Gasteiger partial charge in [-0.25, -0.2) is 0 Å². The van der Waals surface area contributed by atoms with Gasteiger partial charge in [0.2, 0.25) is 0 Å². The fourth-order valence-electron chi connectivity index (χ4n) is 0. The molecule has 0 heterocycles. The van der Waals surface area contributed by atoms with Gasteiger partial charge in [0.25, 0.3) is 0 Å². The average Bonchev–Trinajstić information content (AvgIpc) is 0. The second kappa shape index (κ2) is 2600. The molecule has 0 rings (SSSR count). The summed E-state index contributed by atoms with van der Waals surface area (Å²) in [7, 11) is 0. The zero-order chi connectivity index (χ0) is 0. The van der Waals surface area contributed by atoms with E-state index >= 15 is 0 Å². The van der Waals surface area contributed by atoms with E-state index in [1.54, 1.807) is 0 Å². The Balaban J connectivity index is 0. The van der Waals surface area contributed by atoms with Gasteiger partial charge in [-0.15, -0.1) is 0 Å². The number of hydrogen-bond acceptors (Lipinski definition) is 0. The van der Waals surface area contributed by atoms with Crippen molar-refractivity contribution in [2.24, 2.45) is 0 Å². The van der Waals surface area contributed by atoms with Crippen molar-refractivity contribution in [3.8, 4) is 0 Å². The Morgan fingerprint density at radius 3 is 0.0556 bits per heavy atom. The molecule has 0 fully saturated rings. The summed E-state index contributed by atoms with van der Waals surface area (Å²) in [5.74, 6) is 0. The summed E-state index contributed by atoms with van der Waals surface area (Å²) in [6.07, 6.45) is 0. The quantitative estimate of drug-likeness (QED) is 0.218. The summed E-state index contributed by atoms with van der Waals surface area (Å²) in [6, 6.07) is 0. The van der Waals surface area contributed by atoms with Crippen molar-refractivity contribution in [1.82, 2.24) is 0 Å². The predicted octanol–water partition coefficient (Wildman–Crippen LogP) is -21.5. The van der Waals surface area contributed by atoms with Crippen molar-refractivity contribution in [3.05, 3.63) is 0 Å². The minimum Gasteiger partial charge on any atom is -0.412 e. The Bertz CT molecular complexity index is 30.7. The Labute approximate surface area is 324 Å². The molecule has 0 aliphatic carbocycles. The molecule has 258 valence electrons. The molecule has 36 heavy (non-hydrogen) atoms. The van der Waals surface area contributed by atoms with E-state index in [1.165, 1.54) is 0 Å². The fraction of sp³-hybridized carbons (Fsp3) is 0. The van der Waals surface area contributed by atoms with Crippen molar-refractivity contribution in [3.63, 3.8) is 0 Å². The van der Waals surface area contributed by atoms with Gasteiger partial charge in [0, 0.05) is 186 Å². The summed E-state index contributed by atoms with van der Waals surface area (Å²) in [4.78, 5) is 0. The van der Waals surface area contributed by atoms with Gasteiger partial charge in [-0.1, -0.05) is 0 Å². The largest absolute Gasteiger partial charge is 0.412 e. The fourth-order valence-corrected chi connectivity index (χ4v) is 0. The summed E-state index contributed by atoms with van der Waals surface area (Å²) in [6.45, 7) is 0. The van der Waals surface area contributed by atoms with Gasteiger partial charge in [0.05, 0.1) is 0 Å². The van der Waals surface area contributed by atoms with E-state index in [2.05, 4.69) is 0 Å². The maximum Gasteiger partial charge on any atom is 0 e. The number of hydrogen-bond donors (Lipinski definition) is 0. The van der Waals surface area contributed by atoms with Crippen LogP contribution in [0.5, 0.6) is 0 Å². The molecule has 0 aromatic heterocycles. The first-order chi connectivity index (χ1) is 0. The zero-order valence-electron chi connectivity index (χ0n) is 17.5. The monoisotopic (exact) mass is 978 g/mol. The van der Waals surface area contributed by atoms with Crippen LogP contribution in [0.15, 0.2) is 0 Å². The van der Waals surface area contributed by atoms with Crippen LogP contribution in [0.2, 0.25) is 0 Å². The van der Waals surface area contributed by atoms with Gasteiger partial charge >= 0.3 is 0 Å². The van der Waals surface area contributed by atoms with Crippen LogP contribution in [0.25, 0.3) is 0 Å². The standard InChI is InChI=1S/26H2O.10V/h26*1H2;;;;;;;;;;. The molecule has 0 saturated heterocycles. The van der Waals surface area contributed by atoms with Crippen LogP contribution in [0.1, 0.15) is 0 Å². The van der Waals surface area contributed by atoms with E-state index in [0.717, 1.165) is 0 Å². The molecule has 52 N–H and O–H groups in total. The van der Waals surface area contributed by atoms with Gasteiger partial charge in [0.15, 0.2) is 0 Å². The zero-order valence-corrected chi connectivity index (χ0v) is 31.4. The molecular weight excluding hydrogens is 925 g/mol. The van der Waals surface area contributed by atoms with E-state index in [4.69, 9.17) is 0 Å². The van der Waals surface area contributed by atoms with Crippen molar-refractivity contribution < 1.29 is 328 Å². The maximum atomic E-state index is 0. The normalized spacial score (nSPS) is 0. The smallest absolute Gasteiger partial charge is 0 e. The van der Waals surface area contributed by atoms with Gasteiger partial charge in [0.1, 0.15) is 0 Å². The van der Waals surface area contributed by atoms with Crippen molar-refractivity contribution >= 4 is 0 Å². The van der Waals surface area contributed by atoms with Gasteiger partial charge in [-0.2, -0.15) is 0 Å². The SMILES string of the molecule is O.O.O.O.O.O.O.O.O.O.O.O.O.O.O.O.O.O.O.O.O.O.O.O.O.O.[V].[V].[V].[V].[V].[V].[V].[V].[V].[V]. The molecule has 26 nitrogen and oxygen atoms in total. The van der Waals surface area contributed by atoms with Crippen molar-refractivity contribution in [2.75, 3.05) is 0 Å². The Hall–Kier alpha value is 4.80. The molecular formula is H52O26V10. The first-order valence-electron chi connectivity index (χ1n) is 0. The van der Waals surface area contributed by atoms with E-state index in [-0.39, 0.29) is 328 Å². The third-order valence-corrected chi connectivity index (χ3v) is 0. The molecule has 36 heteroatoms. The average molecular weight is 978 g/mol. The van der Waals surface area contributed by atoms with Gasteiger partial charge in [-0.05, 0) is 0 Å². The first kappa shape index (κ1) is 2800. The molecule has 0 amide bonds. The minimum atomic E-state index is 0. The molecule has 0 unspecified atom stereocenters. The van der Waals surface area contributed by atoms with Crippen molar-refractivity contribution in [2.45, 2.75) is 0 Å². The maximum absolute atomic E-state index is 0. The molecule has 0 spiro atoms. The first-order valence-corrected chi connectivity index (χ1v) is 0. The second-order valence-corrected chi connectivity index (χ2v) is 0. The van der Waals surface area contributed by atoms with Crippen LogP contribution in [-0.4, -0.2) is 142 Å². The van der Waals surface area contributed by atoms with Crippen molar-refractivity contribution in [1.29, 1.82) is 0 Å². The molecule has 10 radical (unpaired) electrons. The predicted molar refractivity (Wildman–Crippen MR) is 94.0 cm³/mol. The summed E-state index contributed by atoms with van der Waals surface area (Å²) in [5, 5.41) is 0. The Morgan fingerprint density at radius 1 is 0.0556 bits per heavy atom. The minimum absolute atomic E-state index is 0. The van der Waals surface area contributed by atoms with Gasteiger partial charge in [-0.3, -0.25) is 0 Å². The van der Waals surface area contributed by atoms with Crippen LogP contribution in [0.4, 0.5) is 0 Å². The molecule has 0 bridgehead atoms. The van der Waals surface area contributed by atoms with E-state index in [0.29, 0.717) is 0 Å². The Kier molecular flexibility index (Phi) is 202000. The van der Waals surface area contributed by atoms with Gasteiger partial charge < -0.3 is 142 Å². The summed E-state index contributed by atoms with van der Waals surface area (Å²) >= 11 is 0. The van der Waals surface area contributed by atoms with Crippen LogP contribution < -0.4 is 0 Å². The molecule has 0 aliphatic heterocycles.